The maximum atomic E-state index is 12.5. The average Bonchev–Trinajstić information content (AvgIpc) is 3.50. The van der Waals surface area contributed by atoms with Crippen LogP contribution < -0.4 is 5.56 Å². The van der Waals surface area contributed by atoms with Gasteiger partial charge in [0.05, 0.1) is 18.6 Å². The molecule has 150 valence electrons. The second-order valence-electron chi connectivity index (χ2n) is 8.11. The van der Waals surface area contributed by atoms with E-state index in [-0.39, 0.29) is 5.56 Å². The van der Waals surface area contributed by atoms with E-state index in [1.165, 1.54) is 12.8 Å². The molecular formula is C21H25N7O. The molecule has 29 heavy (non-hydrogen) atoms. The molecular weight excluding hydrogens is 366 g/mol. The predicted molar refractivity (Wildman–Crippen MR) is 108 cm³/mol. The molecule has 0 spiro atoms. The van der Waals surface area contributed by atoms with Gasteiger partial charge in [-0.3, -0.25) is 19.2 Å². The maximum absolute atomic E-state index is 12.5. The lowest BCUT2D eigenvalue weighted by Crippen LogP contribution is -2.36. The molecule has 2 aliphatic rings. The fraction of sp³-hybridized carbons (Fsp3) is 0.476. The molecule has 4 heterocycles. The van der Waals surface area contributed by atoms with Crippen molar-refractivity contribution in [1.29, 1.82) is 0 Å². The van der Waals surface area contributed by atoms with Gasteiger partial charge in [-0.05, 0) is 56.8 Å². The molecule has 1 saturated carbocycles. The van der Waals surface area contributed by atoms with Crippen molar-refractivity contribution >= 4 is 0 Å². The highest BCUT2D eigenvalue weighted by atomic mass is 16.1. The van der Waals surface area contributed by atoms with Crippen LogP contribution in [0, 0.1) is 5.92 Å². The van der Waals surface area contributed by atoms with Gasteiger partial charge in [0, 0.05) is 36.6 Å². The Kier molecular flexibility index (Phi) is 4.93. The fourth-order valence-electron chi connectivity index (χ4n) is 4.09. The number of pyridine rings is 1. The summed E-state index contributed by atoms with van der Waals surface area (Å²) in [7, 11) is 0. The van der Waals surface area contributed by atoms with E-state index in [0.29, 0.717) is 17.7 Å². The van der Waals surface area contributed by atoms with Crippen LogP contribution >= 0.6 is 0 Å². The van der Waals surface area contributed by atoms with Gasteiger partial charge in [-0.2, -0.15) is 0 Å². The van der Waals surface area contributed by atoms with E-state index >= 15 is 0 Å². The van der Waals surface area contributed by atoms with Crippen molar-refractivity contribution in [2.24, 2.45) is 5.92 Å². The molecule has 3 aromatic heterocycles. The summed E-state index contributed by atoms with van der Waals surface area (Å²) >= 11 is 0. The van der Waals surface area contributed by atoms with Crippen LogP contribution in [0.4, 0.5) is 0 Å². The van der Waals surface area contributed by atoms with Gasteiger partial charge in [-0.15, -0.1) is 10.2 Å². The molecule has 8 nitrogen and oxygen atoms in total. The van der Waals surface area contributed by atoms with Crippen molar-refractivity contribution in [3.8, 4) is 11.3 Å². The molecule has 0 aromatic carbocycles. The van der Waals surface area contributed by atoms with E-state index in [9.17, 15) is 4.79 Å². The number of hydrogen-bond acceptors (Lipinski definition) is 6. The molecule has 0 N–H and O–H groups in total. The monoisotopic (exact) mass is 391 g/mol. The van der Waals surface area contributed by atoms with Gasteiger partial charge in [0.2, 0.25) is 0 Å². The Morgan fingerprint density at radius 3 is 2.55 bits per heavy atom. The van der Waals surface area contributed by atoms with Gasteiger partial charge in [0.15, 0.2) is 0 Å². The van der Waals surface area contributed by atoms with Crippen LogP contribution in [0.15, 0.2) is 48.0 Å². The fourth-order valence-corrected chi connectivity index (χ4v) is 4.09. The quantitative estimate of drug-likeness (QED) is 0.640. The number of likely N-dealkylation sites (tertiary alicyclic amines) is 1. The molecule has 5 rings (SSSR count). The van der Waals surface area contributed by atoms with Crippen LogP contribution in [-0.4, -0.2) is 47.3 Å². The lowest BCUT2D eigenvalue weighted by atomic mass is 9.96. The summed E-state index contributed by atoms with van der Waals surface area (Å²) in [6.07, 6.45) is 11.6. The van der Waals surface area contributed by atoms with Crippen LogP contribution in [0.25, 0.3) is 11.3 Å². The normalized spacial score (nSPS) is 18.2. The van der Waals surface area contributed by atoms with E-state index in [1.54, 1.807) is 29.4 Å². The Morgan fingerprint density at radius 2 is 1.83 bits per heavy atom. The third kappa shape index (κ3) is 4.12. The second kappa shape index (κ2) is 7.87. The number of hydrogen-bond donors (Lipinski definition) is 0. The lowest BCUT2D eigenvalue weighted by molar-refractivity contribution is 0.161. The van der Waals surface area contributed by atoms with Gasteiger partial charge < -0.3 is 4.57 Å². The molecule has 8 heteroatoms. The molecule has 0 atom stereocenters. The van der Waals surface area contributed by atoms with Crippen molar-refractivity contribution in [1.82, 2.24) is 34.2 Å². The molecule has 0 radical (unpaired) electrons. The number of piperidine rings is 1. The van der Waals surface area contributed by atoms with Crippen molar-refractivity contribution < 1.29 is 0 Å². The summed E-state index contributed by atoms with van der Waals surface area (Å²) in [5, 5.41) is 8.41. The summed E-state index contributed by atoms with van der Waals surface area (Å²) in [5.74, 6) is 1.58. The summed E-state index contributed by atoms with van der Waals surface area (Å²) in [5.41, 5.74) is 1.62. The Balaban J connectivity index is 1.17. The lowest BCUT2D eigenvalue weighted by Gasteiger charge is -2.31. The van der Waals surface area contributed by atoms with Crippen molar-refractivity contribution in [2.45, 2.75) is 44.8 Å². The first-order chi connectivity index (χ1) is 14.3. The van der Waals surface area contributed by atoms with Crippen molar-refractivity contribution in [2.75, 3.05) is 13.1 Å². The van der Waals surface area contributed by atoms with E-state index in [0.717, 1.165) is 50.4 Å². The summed E-state index contributed by atoms with van der Waals surface area (Å²) in [6, 6.07) is 5.97. The molecule has 1 aliphatic heterocycles. The molecule has 0 bridgehead atoms. The highest BCUT2D eigenvalue weighted by Crippen LogP contribution is 2.35. The minimum Gasteiger partial charge on any atom is -0.313 e. The Bertz CT molecular complexity index is 1020. The molecule has 2 fully saturated rings. The standard InChI is InChI=1S/C21H25N7O/c29-21-11-19(17-3-7-22-8-4-17)23-14-27(21)12-16-5-9-26(10-6-16)13-20-25-24-15-28(20)18-1-2-18/h3-4,7-8,11,14-16,18H,1-2,5-6,9-10,12-13H2. The van der Waals surface area contributed by atoms with Gasteiger partial charge >= 0.3 is 0 Å². The highest BCUT2D eigenvalue weighted by molar-refractivity contribution is 5.57. The summed E-state index contributed by atoms with van der Waals surface area (Å²) < 4.78 is 3.98. The number of aromatic nitrogens is 6. The highest BCUT2D eigenvalue weighted by Gasteiger charge is 2.27. The van der Waals surface area contributed by atoms with E-state index in [4.69, 9.17) is 0 Å². The molecule has 0 unspecified atom stereocenters. The Labute approximate surface area is 169 Å². The minimum atomic E-state index is 0.00627. The SMILES string of the molecule is O=c1cc(-c2ccncc2)ncn1CC1CCN(Cc2nncn2C2CC2)CC1. The Morgan fingerprint density at radius 1 is 1.03 bits per heavy atom. The van der Waals surface area contributed by atoms with E-state index in [1.807, 2.05) is 18.5 Å². The zero-order valence-corrected chi connectivity index (χ0v) is 16.4. The largest absolute Gasteiger partial charge is 0.313 e. The third-order valence-corrected chi connectivity index (χ3v) is 5.97. The third-order valence-electron chi connectivity index (χ3n) is 5.97. The van der Waals surface area contributed by atoms with E-state index in [2.05, 4.69) is 29.6 Å². The topological polar surface area (TPSA) is 81.7 Å². The minimum absolute atomic E-state index is 0.00627. The van der Waals surface area contributed by atoms with Crippen LogP contribution in [-0.2, 0) is 13.1 Å². The van der Waals surface area contributed by atoms with Crippen LogP contribution in [0.5, 0.6) is 0 Å². The van der Waals surface area contributed by atoms with Gasteiger partial charge in [0.1, 0.15) is 12.2 Å². The number of nitrogens with zero attached hydrogens (tertiary/aromatic N) is 7. The van der Waals surface area contributed by atoms with Crippen LogP contribution in [0.1, 0.15) is 37.5 Å². The summed E-state index contributed by atoms with van der Waals surface area (Å²) in [4.78, 5) is 23.5. The molecule has 1 aliphatic carbocycles. The van der Waals surface area contributed by atoms with Gasteiger partial charge in [-0.25, -0.2) is 4.98 Å². The first-order valence-electron chi connectivity index (χ1n) is 10.3. The van der Waals surface area contributed by atoms with Gasteiger partial charge in [-0.1, -0.05) is 0 Å². The maximum Gasteiger partial charge on any atom is 0.253 e. The smallest absolute Gasteiger partial charge is 0.253 e. The molecule has 3 aromatic rings. The number of rotatable bonds is 6. The zero-order chi connectivity index (χ0) is 19.6. The second-order valence-corrected chi connectivity index (χ2v) is 8.11. The van der Waals surface area contributed by atoms with Crippen molar-refractivity contribution in [3.63, 3.8) is 0 Å². The summed E-state index contributed by atoms with van der Waals surface area (Å²) in [6.45, 7) is 3.65. The van der Waals surface area contributed by atoms with E-state index < -0.39 is 0 Å². The molecule has 0 amide bonds. The first kappa shape index (κ1) is 18.2. The Hall–Kier alpha value is -2.87. The average molecular weight is 391 g/mol. The van der Waals surface area contributed by atoms with Crippen LogP contribution in [0.3, 0.4) is 0 Å². The van der Waals surface area contributed by atoms with Crippen LogP contribution in [0.2, 0.25) is 0 Å². The van der Waals surface area contributed by atoms with Gasteiger partial charge in [0.25, 0.3) is 5.56 Å². The molecule has 1 saturated heterocycles. The first-order valence-corrected chi connectivity index (χ1v) is 10.3. The van der Waals surface area contributed by atoms with Crippen molar-refractivity contribution in [3.05, 3.63) is 59.4 Å². The zero-order valence-electron chi connectivity index (χ0n) is 16.4. The predicted octanol–water partition coefficient (Wildman–Crippen LogP) is 2.14.